The Bertz CT molecular complexity index is 442. The number of carboxylic acid groups (broad SMARTS) is 1. The Balaban J connectivity index is 2.46. The van der Waals surface area contributed by atoms with Crippen molar-refractivity contribution >= 4 is 12.0 Å². The van der Waals surface area contributed by atoms with Crippen LogP contribution in [-0.2, 0) is 16.1 Å². The molecule has 0 radical (unpaired) electrons. The van der Waals surface area contributed by atoms with Crippen LogP contribution in [0.4, 0.5) is 0 Å². The topological polar surface area (TPSA) is 46.5 Å². The van der Waals surface area contributed by atoms with Crippen molar-refractivity contribution < 1.29 is 14.6 Å². The summed E-state index contributed by atoms with van der Waals surface area (Å²) in [5.74, 6) is -0.938. The van der Waals surface area contributed by atoms with E-state index in [1.807, 2.05) is 24.3 Å². The van der Waals surface area contributed by atoms with Crippen LogP contribution >= 0.6 is 0 Å². The molecule has 1 aromatic carbocycles. The predicted octanol–water partition coefficient (Wildman–Crippen LogP) is 3.74. The van der Waals surface area contributed by atoms with E-state index < -0.39 is 5.97 Å². The van der Waals surface area contributed by atoms with Crippen LogP contribution in [0.5, 0.6) is 0 Å². The Hall–Kier alpha value is -1.61. The lowest BCUT2D eigenvalue weighted by Crippen LogP contribution is -2.09. The van der Waals surface area contributed by atoms with Gasteiger partial charge in [0.15, 0.2) is 0 Å². The van der Waals surface area contributed by atoms with E-state index in [0.29, 0.717) is 6.61 Å². The van der Waals surface area contributed by atoms with Crippen molar-refractivity contribution in [3.8, 4) is 0 Å². The zero-order chi connectivity index (χ0) is 14.3. The van der Waals surface area contributed by atoms with Gasteiger partial charge in [-0.15, -0.1) is 0 Å². The van der Waals surface area contributed by atoms with Gasteiger partial charge in [-0.2, -0.15) is 0 Å². The molecule has 3 nitrogen and oxygen atoms in total. The molecule has 0 aliphatic heterocycles. The van der Waals surface area contributed by atoms with Gasteiger partial charge in [0.2, 0.25) is 0 Å². The first-order valence-corrected chi connectivity index (χ1v) is 6.44. The van der Waals surface area contributed by atoms with Crippen LogP contribution in [0, 0.1) is 5.41 Å². The van der Waals surface area contributed by atoms with Gasteiger partial charge < -0.3 is 9.84 Å². The van der Waals surface area contributed by atoms with Crippen molar-refractivity contribution in [2.75, 3.05) is 6.61 Å². The molecule has 0 saturated carbocycles. The first-order chi connectivity index (χ1) is 8.87. The predicted molar refractivity (Wildman–Crippen MR) is 76.8 cm³/mol. The molecule has 19 heavy (non-hydrogen) atoms. The summed E-state index contributed by atoms with van der Waals surface area (Å²) in [5.41, 5.74) is 2.22. The van der Waals surface area contributed by atoms with Gasteiger partial charge in [-0.25, -0.2) is 4.79 Å². The SMILES string of the molecule is CC(C)(C)CCOCc1cccc(C=CC(=O)O)c1. The zero-order valence-electron chi connectivity index (χ0n) is 11.8. The van der Waals surface area contributed by atoms with Crippen molar-refractivity contribution in [1.82, 2.24) is 0 Å². The van der Waals surface area contributed by atoms with Crippen LogP contribution in [0.2, 0.25) is 0 Å². The van der Waals surface area contributed by atoms with Crippen LogP contribution in [0.25, 0.3) is 6.08 Å². The number of ether oxygens (including phenoxy) is 1. The van der Waals surface area contributed by atoms with Crippen LogP contribution in [0.1, 0.15) is 38.3 Å². The summed E-state index contributed by atoms with van der Waals surface area (Å²) in [6.07, 6.45) is 3.74. The third-order valence-corrected chi connectivity index (χ3v) is 2.63. The molecule has 0 saturated heterocycles. The lowest BCUT2D eigenvalue weighted by Gasteiger charge is -2.17. The maximum absolute atomic E-state index is 10.5. The zero-order valence-corrected chi connectivity index (χ0v) is 11.8. The van der Waals surface area contributed by atoms with Crippen molar-refractivity contribution in [3.05, 3.63) is 41.5 Å². The van der Waals surface area contributed by atoms with E-state index in [1.165, 1.54) is 0 Å². The second-order valence-corrected chi connectivity index (χ2v) is 5.78. The number of carbonyl (C=O) groups is 1. The van der Waals surface area contributed by atoms with Crippen LogP contribution in [-0.4, -0.2) is 17.7 Å². The maximum Gasteiger partial charge on any atom is 0.328 e. The molecule has 0 heterocycles. The summed E-state index contributed by atoms with van der Waals surface area (Å²) in [7, 11) is 0. The Morgan fingerprint density at radius 1 is 1.37 bits per heavy atom. The summed E-state index contributed by atoms with van der Waals surface area (Å²) >= 11 is 0. The highest BCUT2D eigenvalue weighted by Gasteiger charge is 2.09. The molecular formula is C16H22O3. The second kappa shape index (κ2) is 7.10. The Morgan fingerprint density at radius 3 is 2.74 bits per heavy atom. The highest BCUT2D eigenvalue weighted by Crippen LogP contribution is 2.18. The Morgan fingerprint density at radius 2 is 2.11 bits per heavy atom. The Labute approximate surface area is 114 Å². The van der Waals surface area contributed by atoms with Crippen LogP contribution in [0.15, 0.2) is 30.3 Å². The fraction of sp³-hybridized carbons (Fsp3) is 0.438. The number of carboxylic acids is 1. The van der Waals surface area contributed by atoms with Crippen molar-refractivity contribution in [2.24, 2.45) is 5.41 Å². The van der Waals surface area contributed by atoms with E-state index in [2.05, 4.69) is 20.8 Å². The van der Waals surface area contributed by atoms with E-state index in [9.17, 15) is 4.79 Å². The molecule has 104 valence electrons. The minimum atomic E-state index is -0.938. The summed E-state index contributed by atoms with van der Waals surface area (Å²) < 4.78 is 5.64. The fourth-order valence-electron chi connectivity index (χ4n) is 1.52. The molecule has 0 unspecified atom stereocenters. The maximum atomic E-state index is 10.5. The van der Waals surface area contributed by atoms with Crippen LogP contribution in [0.3, 0.4) is 0 Å². The molecule has 1 N–H and O–H groups in total. The summed E-state index contributed by atoms with van der Waals surface area (Å²) in [6, 6.07) is 7.70. The molecule has 0 aliphatic carbocycles. The molecule has 0 bridgehead atoms. The van der Waals surface area contributed by atoms with E-state index in [-0.39, 0.29) is 5.41 Å². The average molecular weight is 262 g/mol. The third-order valence-electron chi connectivity index (χ3n) is 2.63. The minimum Gasteiger partial charge on any atom is -0.478 e. The molecule has 0 amide bonds. The van der Waals surface area contributed by atoms with Gasteiger partial charge in [0.05, 0.1) is 6.61 Å². The fourth-order valence-corrected chi connectivity index (χ4v) is 1.52. The summed E-state index contributed by atoms with van der Waals surface area (Å²) in [5, 5.41) is 8.58. The molecule has 3 heteroatoms. The monoisotopic (exact) mass is 262 g/mol. The number of rotatable bonds is 6. The van der Waals surface area contributed by atoms with Gasteiger partial charge in [-0.05, 0) is 35.1 Å². The number of hydrogen-bond donors (Lipinski definition) is 1. The smallest absolute Gasteiger partial charge is 0.328 e. The molecule has 0 spiro atoms. The lowest BCUT2D eigenvalue weighted by atomic mass is 9.93. The molecule has 0 aromatic heterocycles. The van der Waals surface area contributed by atoms with E-state index in [4.69, 9.17) is 9.84 Å². The van der Waals surface area contributed by atoms with Crippen LogP contribution < -0.4 is 0 Å². The molecule has 0 aliphatic rings. The van der Waals surface area contributed by atoms with Gasteiger partial charge in [-0.3, -0.25) is 0 Å². The van der Waals surface area contributed by atoms with Crippen molar-refractivity contribution in [1.29, 1.82) is 0 Å². The number of benzene rings is 1. The minimum absolute atomic E-state index is 0.284. The molecule has 0 atom stereocenters. The molecular weight excluding hydrogens is 240 g/mol. The highest BCUT2D eigenvalue weighted by atomic mass is 16.5. The molecule has 0 fully saturated rings. The number of hydrogen-bond acceptors (Lipinski definition) is 2. The van der Waals surface area contributed by atoms with Gasteiger partial charge in [0.25, 0.3) is 0 Å². The second-order valence-electron chi connectivity index (χ2n) is 5.78. The molecule has 1 rings (SSSR count). The first kappa shape index (κ1) is 15.4. The standard InChI is InChI=1S/C16H22O3/c1-16(2,3)9-10-19-12-14-6-4-5-13(11-14)7-8-15(17)18/h4-8,11H,9-10,12H2,1-3H3,(H,17,18). The molecule has 1 aromatic rings. The van der Waals surface area contributed by atoms with Gasteiger partial charge in [0, 0.05) is 12.7 Å². The van der Waals surface area contributed by atoms with Crippen molar-refractivity contribution in [2.45, 2.75) is 33.8 Å². The highest BCUT2D eigenvalue weighted by molar-refractivity contribution is 5.85. The first-order valence-electron chi connectivity index (χ1n) is 6.44. The van der Waals surface area contributed by atoms with Gasteiger partial charge in [-0.1, -0.05) is 39.0 Å². The lowest BCUT2D eigenvalue weighted by molar-refractivity contribution is -0.131. The summed E-state index contributed by atoms with van der Waals surface area (Å²) in [6.45, 7) is 7.86. The Kier molecular flexibility index (Phi) is 5.77. The van der Waals surface area contributed by atoms with Crippen molar-refractivity contribution in [3.63, 3.8) is 0 Å². The normalized spacial score (nSPS) is 11.9. The largest absolute Gasteiger partial charge is 0.478 e. The van der Waals surface area contributed by atoms with Gasteiger partial charge in [0.1, 0.15) is 0 Å². The summed E-state index contributed by atoms with van der Waals surface area (Å²) in [4.78, 5) is 10.5. The quantitative estimate of drug-likeness (QED) is 0.627. The van der Waals surface area contributed by atoms with E-state index in [0.717, 1.165) is 30.2 Å². The van der Waals surface area contributed by atoms with E-state index >= 15 is 0 Å². The number of aliphatic carboxylic acids is 1. The van der Waals surface area contributed by atoms with Gasteiger partial charge >= 0.3 is 5.97 Å². The average Bonchev–Trinajstić information content (AvgIpc) is 2.32. The van der Waals surface area contributed by atoms with E-state index in [1.54, 1.807) is 6.08 Å². The third kappa shape index (κ3) is 7.42.